The second-order valence-electron chi connectivity index (χ2n) is 4.50. The molecule has 0 amide bonds. The van der Waals surface area contributed by atoms with Crippen LogP contribution in [0.25, 0.3) is 0 Å². The number of hydrogen-bond donors (Lipinski definition) is 2. The zero-order valence-electron chi connectivity index (χ0n) is 11.5. The lowest BCUT2D eigenvalue weighted by Crippen LogP contribution is -2.20. The first-order chi connectivity index (χ1) is 9.62. The van der Waals surface area contributed by atoms with Crippen LogP contribution in [0, 0.1) is 18.3 Å². The normalized spacial score (nSPS) is 9.90. The molecule has 0 aliphatic heterocycles. The van der Waals surface area contributed by atoms with Crippen LogP contribution >= 0.6 is 0 Å². The highest BCUT2D eigenvalue weighted by molar-refractivity contribution is 5.45. The van der Waals surface area contributed by atoms with Gasteiger partial charge in [0.1, 0.15) is 5.82 Å². The summed E-state index contributed by atoms with van der Waals surface area (Å²) in [5.41, 5.74) is 4.99. The molecule has 0 saturated heterocycles. The van der Waals surface area contributed by atoms with Gasteiger partial charge in [-0.2, -0.15) is 10.2 Å². The third-order valence-corrected chi connectivity index (χ3v) is 2.84. The number of nitrogen functional groups attached to an aromatic ring is 1. The Balaban J connectivity index is 2.21. The van der Waals surface area contributed by atoms with E-state index in [4.69, 9.17) is 11.1 Å². The first-order valence-corrected chi connectivity index (χ1v) is 6.15. The molecule has 102 valence electrons. The van der Waals surface area contributed by atoms with Crippen molar-refractivity contribution in [3.8, 4) is 6.07 Å². The molecule has 0 saturated carbocycles. The smallest absolute Gasteiger partial charge is 0.239 e. The van der Waals surface area contributed by atoms with Gasteiger partial charge in [0.05, 0.1) is 11.6 Å². The molecule has 3 N–H and O–H groups in total. The number of nitrogens with zero attached hydrogens (tertiary/aromatic N) is 4. The van der Waals surface area contributed by atoms with E-state index in [1.54, 1.807) is 6.07 Å². The Labute approximate surface area is 117 Å². The molecule has 0 atom stereocenters. The highest BCUT2D eigenvalue weighted by Gasteiger charge is 2.07. The number of hydrazine groups is 1. The molecule has 6 heteroatoms. The first-order valence-electron chi connectivity index (χ1n) is 6.15. The van der Waals surface area contributed by atoms with Crippen molar-refractivity contribution >= 4 is 11.8 Å². The lowest BCUT2D eigenvalue weighted by molar-refractivity contribution is 0.886. The predicted octanol–water partition coefficient (Wildman–Crippen LogP) is 1.58. The van der Waals surface area contributed by atoms with Gasteiger partial charge in [0.2, 0.25) is 5.95 Å². The largest absolute Gasteiger partial charge is 0.355 e. The van der Waals surface area contributed by atoms with Gasteiger partial charge in [0.15, 0.2) is 0 Å². The molecule has 0 aliphatic carbocycles. The lowest BCUT2D eigenvalue weighted by Gasteiger charge is -2.19. The van der Waals surface area contributed by atoms with Crippen molar-refractivity contribution in [2.45, 2.75) is 13.5 Å². The maximum Gasteiger partial charge on any atom is 0.239 e. The van der Waals surface area contributed by atoms with Crippen LogP contribution in [0.2, 0.25) is 0 Å². The van der Waals surface area contributed by atoms with E-state index in [0.717, 1.165) is 17.1 Å². The van der Waals surface area contributed by atoms with Gasteiger partial charge in [-0.05, 0) is 24.6 Å². The number of aromatic nitrogens is 2. The van der Waals surface area contributed by atoms with E-state index in [0.29, 0.717) is 18.1 Å². The molecule has 2 rings (SSSR count). The van der Waals surface area contributed by atoms with Crippen LogP contribution in [0.3, 0.4) is 0 Å². The van der Waals surface area contributed by atoms with Gasteiger partial charge in [0.25, 0.3) is 0 Å². The average Bonchev–Trinajstić information content (AvgIpc) is 2.46. The monoisotopic (exact) mass is 268 g/mol. The minimum atomic E-state index is 0.387. The quantitative estimate of drug-likeness (QED) is 0.646. The molecule has 6 nitrogen and oxygen atoms in total. The molecule has 1 heterocycles. The van der Waals surface area contributed by atoms with Crippen LogP contribution in [-0.4, -0.2) is 17.0 Å². The third-order valence-electron chi connectivity index (χ3n) is 2.84. The highest BCUT2D eigenvalue weighted by atomic mass is 15.3. The van der Waals surface area contributed by atoms with E-state index in [9.17, 15) is 0 Å². The van der Waals surface area contributed by atoms with Crippen molar-refractivity contribution in [2.24, 2.45) is 5.84 Å². The molecule has 0 unspecified atom stereocenters. The maximum atomic E-state index is 8.91. The van der Waals surface area contributed by atoms with Crippen molar-refractivity contribution in [3.05, 3.63) is 47.2 Å². The van der Waals surface area contributed by atoms with Crippen LogP contribution in [0.5, 0.6) is 0 Å². The molecule has 2 aromatic rings. The molecule has 0 aliphatic rings. The molecule has 1 aromatic heterocycles. The average molecular weight is 268 g/mol. The summed E-state index contributed by atoms with van der Waals surface area (Å²) in [7, 11) is 1.93. The van der Waals surface area contributed by atoms with E-state index in [1.807, 2.05) is 43.1 Å². The zero-order valence-corrected chi connectivity index (χ0v) is 11.5. The number of nitrogens with two attached hydrogens (primary N) is 1. The number of hydrogen-bond acceptors (Lipinski definition) is 6. The molecule has 0 fully saturated rings. The number of benzene rings is 1. The van der Waals surface area contributed by atoms with E-state index in [2.05, 4.69) is 21.5 Å². The van der Waals surface area contributed by atoms with Crippen LogP contribution in [0.15, 0.2) is 30.3 Å². The van der Waals surface area contributed by atoms with E-state index < -0.39 is 0 Å². The maximum absolute atomic E-state index is 8.91. The summed E-state index contributed by atoms with van der Waals surface area (Å²) in [5.74, 6) is 6.51. The minimum Gasteiger partial charge on any atom is -0.355 e. The Hall–Kier alpha value is -2.65. The van der Waals surface area contributed by atoms with Gasteiger partial charge < -0.3 is 4.90 Å². The molecule has 0 radical (unpaired) electrons. The zero-order chi connectivity index (χ0) is 14.5. The van der Waals surface area contributed by atoms with E-state index in [-0.39, 0.29) is 0 Å². The highest BCUT2D eigenvalue weighted by Crippen LogP contribution is 2.16. The lowest BCUT2D eigenvalue weighted by atomic mass is 10.1. The Morgan fingerprint density at radius 1 is 1.35 bits per heavy atom. The van der Waals surface area contributed by atoms with Crippen molar-refractivity contribution in [3.63, 3.8) is 0 Å². The summed E-state index contributed by atoms with van der Waals surface area (Å²) >= 11 is 0. The summed E-state index contributed by atoms with van der Waals surface area (Å²) in [6, 6.07) is 11.5. The van der Waals surface area contributed by atoms with Gasteiger partial charge >= 0.3 is 0 Å². The van der Waals surface area contributed by atoms with Crippen molar-refractivity contribution in [1.29, 1.82) is 5.26 Å². The summed E-state index contributed by atoms with van der Waals surface area (Å²) in [5, 5.41) is 8.91. The summed E-state index contributed by atoms with van der Waals surface area (Å²) in [6.07, 6.45) is 0. The molecule has 1 aromatic carbocycles. The fourth-order valence-electron chi connectivity index (χ4n) is 1.91. The fraction of sp³-hybridized carbons (Fsp3) is 0.214. The van der Waals surface area contributed by atoms with Gasteiger partial charge in [0, 0.05) is 25.4 Å². The van der Waals surface area contributed by atoms with Crippen LogP contribution in [-0.2, 0) is 6.54 Å². The SMILES string of the molecule is Cc1cc(N(C)Cc2cccc(C#N)c2)nc(NN)n1. The molecule has 0 bridgehead atoms. The Bertz CT molecular complexity index is 646. The Kier molecular flexibility index (Phi) is 4.13. The number of anilines is 2. The number of nitrogens with one attached hydrogen (secondary N) is 1. The number of aryl methyl sites for hydroxylation is 1. The third kappa shape index (κ3) is 3.22. The van der Waals surface area contributed by atoms with Crippen LogP contribution in [0.1, 0.15) is 16.8 Å². The topological polar surface area (TPSA) is 90.9 Å². The Morgan fingerprint density at radius 2 is 2.15 bits per heavy atom. The molecule has 0 spiro atoms. The van der Waals surface area contributed by atoms with Gasteiger partial charge in [-0.15, -0.1) is 0 Å². The molecular weight excluding hydrogens is 252 g/mol. The van der Waals surface area contributed by atoms with Gasteiger partial charge in [-0.1, -0.05) is 12.1 Å². The van der Waals surface area contributed by atoms with Crippen molar-refractivity contribution < 1.29 is 0 Å². The minimum absolute atomic E-state index is 0.387. The summed E-state index contributed by atoms with van der Waals surface area (Å²) < 4.78 is 0. The number of nitriles is 1. The fourth-order valence-corrected chi connectivity index (χ4v) is 1.91. The van der Waals surface area contributed by atoms with Crippen molar-refractivity contribution in [1.82, 2.24) is 9.97 Å². The predicted molar refractivity (Wildman–Crippen MR) is 77.8 cm³/mol. The standard InChI is InChI=1S/C14H16N6/c1-10-6-13(18-14(17-10)19-16)20(2)9-12-5-3-4-11(7-12)8-15/h3-7H,9,16H2,1-2H3,(H,17,18,19). The van der Waals surface area contributed by atoms with E-state index in [1.165, 1.54) is 0 Å². The van der Waals surface area contributed by atoms with E-state index >= 15 is 0 Å². The van der Waals surface area contributed by atoms with Crippen molar-refractivity contribution in [2.75, 3.05) is 17.4 Å². The van der Waals surface area contributed by atoms with Gasteiger partial charge in [-0.3, -0.25) is 5.43 Å². The first kappa shape index (κ1) is 13.8. The van der Waals surface area contributed by atoms with Crippen LogP contribution < -0.4 is 16.2 Å². The molecular formula is C14H16N6. The Morgan fingerprint density at radius 3 is 2.85 bits per heavy atom. The second kappa shape index (κ2) is 5.99. The second-order valence-corrected chi connectivity index (χ2v) is 4.50. The van der Waals surface area contributed by atoms with Gasteiger partial charge in [-0.25, -0.2) is 10.8 Å². The summed E-state index contributed by atoms with van der Waals surface area (Å²) in [4.78, 5) is 10.4. The van der Waals surface area contributed by atoms with Crippen LogP contribution in [0.4, 0.5) is 11.8 Å². The molecule has 20 heavy (non-hydrogen) atoms. The summed E-state index contributed by atoms with van der Waals surface area (Å²) in [6.45, 7) is 2.53. The number of rotatable bonds is 4.